The molecule has 0 atom stereocenters. The van der Waals surface area contributed by atoms with Crippen LogP contribution < -0.4 is 10.6 Å². The number of carbonyl (C=O) groups is 2. The lowest BCUT2D eigenvalue weighted by atomic mass is 10.0. The highest BCUT2D eigenvalue weighted by molar-refractivity contribution is 7.14. The van der Waals surface area contributed by atoms with Crippen molar-refractivity contribution in [3.8, 4) is 0 Å². The standard InChI is InChI=1S/C21H21N3O2S/c1-14(2)16-8-10-17(11-9-16)22-20(26)18-13-27-21(23-18)24-19(25)12-15-6-4-3-5-7-15/h3-11,13-14H,12H2,1-2H3,(H,22,26)(H,23,24,25). The zero-order valence-electron chi connectivity index (χ0n) is 15.2. The van der Waals surface area contributed by atoms with Gasteiger partial charge in [-0.25, -0.2) is 4.98 Å². The lowest BCUT2D eigenvalue weighted by molar-refractivity contribution is -0.115. The molecule has 0 unspecified atom stereocenters. The minimum absolute atomic E-state index is 0.160. The van der Waals surface area contributed by atoms with E-state index >= 15 is 0 Å². The predicted octanol–water partition coefficient (Wildman–Crippen LogP) is 4.70. The third-order valence-electron chi connectivity index (χ3n) is 4.03. The van der Waals surface area contributed by atoms with Crippen LogP contribution in [0.25, 0.3) is 0 Å². The van der Waals surface area contributed by atoms with Crippen LogP contribution in [-0.2, 0) is 11.2 Å². The van der Waals surface area contributed by atoms with E-state index in [0.717, 1.165) is 5.56 Å². The SMILES string of the molecule is CC(C)c1ccc(NC(=O)c2csc(NC(=O)Cc3ccccc3)n2)cc1. The van der Waals surface area contributed by atoms with Crippen molar-refractivity contribution in [1.82, 2.24) is 4.98 Å². The van der Waals surface area contributed by atoms with Crippen LogP contribution in [0.2, 0.25) is 0 Å². The van der Waals surface area contributed by atoms with Gasteiger partial charge in [0.25, 0.3) is 5.91 Å². The number of rotatable bonds is 6. The number of nitrogens with zero attached hydrogens (tertiary/aromatic N) is 1. The third-order valence-corrected chi connectivity index (χ3v) is 4.78. The van der Waals surface area contributed by atoms with Gasteiger partial charge in [-0.2, -0.15) is 0 Å². The first-order chi connectivity index (χ1) is 13.0. The quantitative estimate of drug-likeness (QED) is 0.652. The Bertz CT molecular complexity index is 918. The van der Waals surface area contributed by atoms with E-state index in [4.69, 9.17) is 0 Å². The molecule has 1 aromatic heterocycles. The van der Waals surface area contributed by atoms with Crippen molar-refractivity contribution >= 4 is 34.0 Å². The molecule has 0 saturated heterocycles. The fourth-order valence-electron chi connectivity index (χ4n) is 2.53. The maximum atomic E-state index is 12.3. The molecule has 2 aromatic carbocycles. The van der Waals surface area contributed by atoms with Crippen molar-refractivity contribution in [3.63, 3.8) is 0 Å². The summed E-state index contributed by atoms with van der Waals surface area (Å²) in [6.07, 6.45) is 0.268. The molecule has 3 aromatic rings. The summed E-state index contributed by atoms with van der Waals surface area (Å²) in [5.41, 5.74) is 3.13. The van der Waals surface area contributed by atoms with Crippen LogP contribution in [-0.4, -0.2) is 16.8 Å². The molecule has 27 heavy (non-hydrogen) atoms. The molecular weight excluding hydrogens is 358 g/mol. The van der Waals surface area contributed by atoms with Crippen molar-refractivity contribution in [2.75, 3.05) is 10.6 Å². The summed E-state index contributed by atoms with van der Waals surface area (Å²) >= 11 is 1.23. The number of hydrogen-bond donors (Lipinski definition) is 2. The normalized spacial score (nSPS) is 10.6. The van der Waals surface area contributed by atoms with Crippen LogP contribution in [0.3, 0.4) is 0 Å². The average molecular weight is 379 g/mol. The Morgan fingerprint density at radius 1 is 1.00 bits per heavy atom. The lowest BCUT2D eigenvalue weighted by Crippen LogP contribution is -2.15. The molecule has 1 heterocycles. The minimum atomic E-state index is -0.299. The highest BCUT2D eigenvalue weighted by atomic mass is 32.1. The van der Waals surface area contributed by atoms with Crippen molar-refractivity contribution in [3.05, 3.63) is 76.8 Å². The summed E-state index contributed by atoms with van der Waals surface area (Å²) in [7, 11) is 0. The molecule has 0 bridgehead atoms. The second-order valence-corrected chi connectivity index (χ2v) is 7.34. The zero-order valence-corrected chi connectivity index (χ0v) is 16.0. The largest absolute Gasteiger partial charge is 0.321 e. The van der Waals surface area contributed by atoms with Crippen LogP contribution in [0.5, 0.6) is 0 Å². The minimum Gasteiger partial charge on any atom is -0.321 e. The predicted molar refractivity (Wildman–Crippen MR) is 109 cm³/mol. The van der Waals surface area contributed by atoms with Crippen LogP contribution in [0.1, 0.15) is 41.4 Å². The van der Waals surface area contributed by atoms with E-state index in [1.54, 1.807) is 5.38 Å². The number of anilines is 2. The highest BCUT2D eigenvalue weighted by Crippen LogP contribution is 2.19. The van der Waals surface area contributed by atoms with E-state index in [1.165, 1.54) is 16.9 Å². The van der Waals surface area contributed by atoms with Crippen LogP contribution in [0.15, 0.2) is 60.0 Å². The molecule has 0 spiro atoms. The van der Waals surface area contributed by atoms with E-state index in [0.29, 0.717) is 16.7 Å². The Morgan fingerprint density at radius 3 is 2.37 bits per heavy atom. The summed E-state index contributed by atoms with van der Waals surface area (Å²) in [6, 6.07) is 17.2. The second-order valence-electron chi connectivity index (χ2n) is 6.48. The Hall–Kier alpha value is -2.99. The number of aromatic nitrogens is 1. The van der Waals surface area contributed by atoms with Crippen molar-refractivity contribution < 1.29 is 9.59 Å². The Balaban J connectivity index is 1.57. The first kappa shape index (κ1) is 18.8. The van der Waals surface area contributed by atoms with Gasteiger partial charge in [0.05, 0.1) is 6.42 Å². The zero-order chi connectivity index (χ0) is 19.2. The van der Waals surface area contributed by atoms with Gasteiger partial charge in [0.15, 0.2) is 5.13 Å². The topological polar surface area (TPSA) is 71.1 Å². The first-order valence-electron chi connectivity index (χ1n) is 8.72. The second kappa shape index (κ2) is 8.60. The molecule has 0 aliphatic rings. The van der Waals surface area contributed by atoms with Gasteiger partial charge >= 0.3 is 0 Å². The van der Waals surface area contributed by atoms with Gasteiger partial charge < -0.3 is 10.6 Å². The molecule has 2 amide bonds. The number of hydrogen-bond acceptors (Lipinski definition) is 4. The molecule has 138 valence electrons. The molecular formula is C21H21N3O2S. The number of carbonyl (C=O) groups excluding carboxylic acids is 2. The average Bonchev–Trinajstić information content (AvgIpc) is 3.11. The van der Waals surface area contributed by atoms with Gasteiger partial charge in [0.2, 0.25) is 5.91 Å². The number of amides is 2. The third kappa shape index (κ3) is 5.24. The van der Waals surface area contributed by atoms with Crippen molar-refractivity contribution in [2.45, 2.75) is 26.2 Å². The van der Waals surface area contributed by atoms with Crippen LogP contribution in [0, 0.1) is 0 Å². The Kier molecular flexibility index (Phi) is 5.98. The molecule has 5 nitrogen and oxygen atoms in total. The van der Waals surface area contributed by atoms with E-state index in [1.807, 2.05) is 54.6 Å². The van der Waals surface area contributed by atoms with E-state index in [2.05, 4.69) is 29.5 Å². The molecule has 0 aliphatic carbocycles. The molecule has 2 N–H and O–H groups in total. The lowest BCUT2D eigenvalue weighted by Gasteiger charge is -2.07. The molecule has 6 heteroatoms. The van der Waals surface area contributed by atoms with E-state index in [-0.39, 0.29) is 23.9 Å². The highest BCUT2D eigenvalue weighted by Gasteiger charge is 2.13. The van der Waals surface area contributed by atoms with Crippen LogP contribution in [0.4, 0.5) is 10.8 Å². The van der Waals surface area contributed by atoms with Crippen molar-refractivity contribution in [2.24, 2.45) is 0 Å². The van der Waals surface area contributed by atoms with Gasteiger partial charge in [-0.15, -0.1) is 11.3 Å². The van der Waals surface area contributed by atoms with E-state index in [9.17, 15) is 9.59 Å². The molecule has 0 saturated carbocycles. The van der Waals surface area contributed by atoms with Gasteiger partial charge in [-0.05, 0) is 29.2 Å². The molecule has 0 aliphatic heterocycles. The molecule has 3 rings (SSSR count). The first-order valence-corrected chi connectivity index (χ1v) is 9.60. The summed E-state index contributed by atoms with van der Waals surface area (Å²) in [4.78, 5) is 28.6. The summed E-state index contributed by atoms with van der Waals surface area (Å²) in [6.45, 7) is 4.24. The van der Waals surface area contributed by atoms with Gasteiger partial charge in [0.1, 0.15) is 5.69 Å². The van der Waals surface area contributed by atoms with E-state index < -0.39 is 0 Å². The Morgan fingerprint density at radius 2 is 1.70 bits per heavy atom. The maximum Gasteiger partial charge on any atom is 0.275 e. The Labute approximate surface area is 162 Å². The maximum absolute atomic E-state index is 12.3. The smallest absolute Gasteiger partial charge is 0.275 e. The van der Waals surface area contributed by atoms with Crippen molar-refractivity contribution in [1.29, 1.82) is 0 Å². The van der Waals surface area contributed by atoms with Gasteiger partial charge in [-0.1, -0.05) is 56.3 Å². The number of thiazole rings is 1. The van der Waals surface area contributed by atoms with Gasteiger partial charge in [-0.3, -0.25) is 9.59 Å². The monoisotopic (exact) mass is 379 g/mol. The number of nitrogens with one attached hydrogen (secondary N) is 2. The fourth-order valence-corrected chi connectivity index (χ4v) is 3.23. The van der Waals surface area contributed by atoms with Gasteiger partial charge in [0, 0.05) is 11.1 Å². The molecule has 0 fully saturated rings. The number of benzene rings is 2. The summed E-state index contributed by atoms with van der Waals surface area (Å²) in [5.74, 6) is -0.0192. The summed E-state index contributed by atoms with van der Waals surface area (Å²) < 4.78 is 0. The molecule has 0 radical (unpaired) electrons. The fraction of sp³-hybridized carbons (Fsp3) is 0.190. The summed E-state index contributed by atoms with van der Waals surface area (Å²) in [5, 5.41) is 7.61. The van der Waals surface area contributed by atoms with Crippen LogP contribution >= 0.6 is 11.3 Å².